The van der Waals surface area contributed by atoms with Crippen molar-refractivity contribution in [1.82, 2.24) is 5.32 Å². The quantitative estimate of drug-likeness (QED) is 0.665. The van der Waals surface area contributed by atoms with E-state index in [9.17, 15) is 14.7 Å². The van der Waals surface area contributed by atoms with Gasteiger partial charge in [0.15, 0.2) is 0 Å². The fourth-order valence-corrected chi connectivity index (χ4v) is 2.49. The molecule has 1 unspecified atom stereocenters. The molecule has 0 aliphatic heterocycles. The SMILES string of the molecule is CCOCCOC(C)C(=O)NC1(C(=O)O)CCC(C)CC1. The number of carboxylic acid groups (broad SMARTS) is 1. The van der Waals surface area contributed by atoms with E-state index in [0.29, 0.717) is 38.6 Å². The Hall–Kier alpha value is -1.14. The second-order valence-corrected chi connectivity index (χ2v) is 5.77. The second-order valence-electron chi connectivity index (χ2n) is 5.77. The molecule has 0 saturated heterocycles. The van der Waals surface area contributed by atoms with Crippen LogP contribution in [0.1, 0.15) is 46.5 Å². The monoisotopic (exact) mass is 301 g/mol. The number of carbonyl (C=O) groups excluding carboxylic acids is 1. The third kappa shape index (κ3) is 5.28. The fourth-order valence-electron chi connectivity index (χ4n) is 2.49. The highest BCUT2D eigenvalue weighted by Gasteiger charge is 2.43. The molecule has 6 heteroatoms. The van der Waals surface area contributed by atoms with Gasteiger partial charge in [0.05, 0.1) is 13.2 Å². The highest BCUT2D eigenvalue weighted by atomic mass is 16.5. The Morgan fingerprint density at radius 3 is 2.48 bits per heavy atom. The Morgan fingerprint density at radius 2 is 1.95 bits per heavy atom. The lowest BCUT2D eigenvalue weighted by Gasteiger charge is -2.37. The van der Waals surface area contributed by atoms with E-state index in [0.717, 1.165) is 12.8 Å². The standard InChI is InChI=1S/C15H27NO5/c1-4-20-9-10-21-12(3)13(17)16-15(14(18)19)7-5-11(2)6-8-15/h11-12H,4-10H2,1-3H3,(H,16,17)(H,18,19). The molecule has 0 bridgehead atoms. The smallest absolute Gasteiger partial charge is 0.329 e. The molecule has 1 atom stereocenters. The van der Waals surface area contributed by atoms with Gasteiger partial charge in [-0.1, -0.05) is 6.92 Å². The van der Waals surface area contributed by atoms with Crippen molar-refractivity contribution in [1.29, 1.82) is 0 Å². The van der Waals surface area contributed by atoms with Crippen LogP contribution in [0.4, 0.5) is 0 Å². The average molecular weight is 301 g/mol. The summed E-state index contributed by atoms with van der Waals surface area (Å²) in [4.78, 5) is 23.7. The summed E-state index contributed by atoms with van der Waals surface area (Å²) in [6, 6.07) is 0. The van der Waals surface area contributed by atoms with Crippen molar-refractivity contribution < 1.29 is 24.2 Å². The Bertz CT molecular complexity index is 350. The van der Waals surface area contributed by atoms with E-state index < -0.39 is 17.6 Å². The van der Waals surface area contributed by atoms with Crippen LogP contribution in [0.25, 0.3) is 0 Å². The van der Waals surface area contributed by atoms with Crippen molar-refractivity contribution in [2.24, 2.45) is 5.92 Å². The first-order valence-electron chi connectivity index (χ1n) is 7.66. The van der Waals surface area contributed by atoms with E-state index in [-0.39, 0.29) is 5.91 Å². The molecular weight excluding hydrogens is 274 g/mol. The van der Waals surface area contributed by atoms with E-state index in [2.05, 4.69) is 12.2 Å². The van der Waals surface area contributed by atoms with Gasteiger partial charge in [-0.15, -0.1) is 0 Å². The van der Waals surface area contributed by atoms with Gasteiger partial charge in [-0.3, -0.25) is 4.79 Å². The number of hydrogen-bond donors (Lipinski definition) is 2. The minimum Gasteiger partial charge on any atom is -0.480 e. The summed E-state index contributed by atoms with van der Waals surface area (Å²) in [5, 5.41) is 12.2. The summed E-state index contributed by atoms with van der Waals surface area (Å²) in [7, 11) is 0. The summed E-state index contributed by atoms with van der Waals surface area (Å²) in [5.74, 6) is -0.818. The lowest BCUT2D eigenvalue weighted by molar-refractivity contribution is -0.152. The van der Waals surface area contributed by atoms with Crippen LogP contribution in [0.5, 0.6) is 0 Å². The molecule has 6 nitrogen and oxygen atoms in total. The van der Waals surface area contributed by atoms with Gasteiger partial charge in [0.25, 0.3) is 0 Å². The normalized spacial score (nSPS) is 27.1. The highest BCUT2D eigenvalue weighted by molar-refractivity contribution is 5.89. The zero-order valence-electron chi connectivity index (χ0n) is 13.2. The first-order chi connectivity index (χ1) is 9.91. The predicted octanol–water partition coefficient (Wildman–Crippen LogP) is 1.58. The first kappa shape index (κ1) is 17.9. The van der Waals surface area contributed by atoms with Crippen molar-refractivity contribution in [2.75, 3.05) is 19.8 Å². The Morgan fingerprint density at radius 1 is 1.33 bits per heavy atom. The zero-order valence-corrected chi connectivity index (χ0v) is 13.2. The molecule has 1 aliphatic rings. The van der Waals surface area contributed by atoms with E-state index in [1.165, 1.54) is 0 Å². The summed E-state index contributed by atoms with van der Waals surface area (Å²) in [5.41, 5.74) is -1.14. The molecule has 0 aromatic heterocycles. The first-order valence-corrected chi connectivity index (χ1v) is 7.66. The van der Waals surface area contributed by atoms with E-state index in [1.54, 1.807) is 6.92 Å². The van der Waals surface area contributed by atoms with Gasteiger partial charge in [-0.2, -0.15) is 0 Å². The van der Waals surface area contributed by atoms with Crippen molar-refractivity contribution in [3.63, 3.8) is 0 Å². The minimum absolute atomic E-state index is 0.319. The third-order valence-electron chi connectivity index (χ3n) is 4.07. The van der Waals surface area contributed by atoms with Gasteiger partial charge in [-0.25, -0.2) is 4.79 Å². The maximum Gasteiger partial charge on any atom is 0.329 e. The molecule has 1 fully saturated rings. The molecule has 1 amide bonds. The maximum atomic E-state index is 12.1. The van der Waals surface area contributed by atoms with Crippen molar-refractivity contribution in [3.05, 3.63) is 0 Å². The highest BCUT2D eigenvalue weighted by Crippen LogP contribution is 2.32. The Kier molecular flexibility index (Phi) is 7.11. The number of aliphatic carboxylic acids is 1. The van der Waals surface area contributed by atoms with Crippen LogP contribution >= 0.6 is 0 Å². The Labute approximate surface area is 126 Å². The molecule has 1 saturated carbocycles. The van der Waals surface area contributed by atoms with Gasteiger partial charge in [-0.05, 0) is 45.4 Å². The summed E-state index contributed by atoms with van der Waals surface area (Å²) >= 11 is 0. The van der Waals surface area contributed by atoms with E-state index >= 15 is 0 Å². The fraction of sp³-hybridized carbons (Fsp3) is 0.867. The maximum absolute atomic E-state index is 12.1. The Balaban J connectivity index is 2.51. The number of ether oxygens (including phenoxy) is 2. The van der Waals surface area contributed by atoms with Gasteiger partial charge in [0, 0.05) is 6.61 Å². The van der Waals surface area contributed by atoms with Crippen LogP contribution in [0.2, 0.25) is 0 Å². The molecule has 0 heterocycles. The lowest BCUT2D eigenvalue weighted by Crippen LogP contribution is -2.58. The predicted molar refractivity (Wildman–Crippen MR) is 78.0 cm³/mol. The summed E-state index contributed by atoms with van der Waals surface area (Å²) in [6.07, 6.45) is 1.89. The van der Waals surface area contributed by atoms with Crippen LogP contribution in [0.15, 0.2) is 0 Å². The summed E-state index contributed by atoms with van der Waals surface area (Å²) < 4.78 is 10.5. The molecule has 0 spiro atoms. The molecule has 21 heavy (non-hydrogen) atoms. The van der Waals surface area contributed by atoms with Crippen molar-refractivity contribution in [2.45, 2.75) is 58.1 Å². The molecule has 2 N–H and O–H groups in total. The number of hydrogen-bond acceptors (Lipinski definition) is 4. The molecule has 0 aromatic rings. The minimum atomic E-state index is -1.14. The van der Waals surface area contributed by atoms with Gasteiger partial charge < -0.3 is 19.9 Å². The molecule has 0 radical (unpaired) electrons. The van der Waals surface area contributed by atoms with Crippen LogP contribution < -0.4 is 5.32 Å². The number of rotatable bonds is 8. The van der Waals surface area contributed by atoms with Crippen LogP contribution in [0, 0.1) is 5.92 Å². The molecule has 1 rings (SSSR count). The van der Waals surface area contributed by atoms with Crippen LogP contribution in [-0.4, -0.2) is 48.4 Å². The van der Waals surface area contributed by atoms with Crippen LogP contribution in [0.3, 0.4) is 0 Å². The number of carbonyl (C=O) groups is 2. The van der Waals surface area contributed by atoms with Gasteiger partial charge in [0.1, 0.15) is 11.6 Å². The van der Waals surface area contributed by atoms with Gasteiger partial charge in [0.2, 0.25) is 5.91 Å². The third-order valence-corrected chi connectivity index (χ3v) is 4.07. The number of amides is 1. The molecule has 0 aromatic carbocycles. The lowest BCUT2D eigenvalue weighted by atomic mass is 9.77. The van der Waals surface area contributed by atoms with Crippen molar-refractivity contribution >= 4 is 11.9 Å². The second kappa shape index (κ2) is 8.34. The number of carboxylic acids is 1. The molecular formula is C15H27NO5. The number of nitrogens with one attached hydrogen (secondary N) is 1. The molecule has 122 valence electrons. The van der Waals surface area contributed by atoms with Crippen LogP contribution in [-0.2, 0) is 19.1 Å². The van der Waals surface area contributed by atoms with Gasteiger partial charge >= 0.3 is 5.97 Å². The molecule has 1 aliphatic carbocycles. The topological polar surface area (TPSA) is 84.9 Å². The summed E-state index contributed by atoms with van der Waals surface area (Å²) in [6.45, 7) is 6.96. The zero-order chi connectivity index (χ0) is 15.9. The largest absolute Gasteiger partial charge is 0.480 e. The van der Waals surface area contributed by atoms with E-state index in [1.807, 2.05) is 6.92 Å². The average Bonchev–Trinajstić information content (AvgIpc) is 2.45. The van der Waals surface area contributed by atoms with Crippen molar-refractivity contribution in [3.8, 4) is 0 Å². The van der Waals surface area contributed by atoms with E-state index in [4.69, 9.17) is 9.47 Å².